The lowest BCUT2D eigenvalue weighted by Gasteiger charge is -2.30. The molecule has 2 aromatic rings. The van der Waals surface area contributed by atoms with Gasteiger partial charge in [0, 0.05) is 36.1 Å². The molecule has 35 heavy (non-hydrogen) atoms. The molecule has 1 aliphatic heterocycles. The smallest absolute Gasteiger partial charge is 0.328 e. The molecule has 0 bridgehead atoms. The van der Waals surface area contributed by atoms with E-state index in [1.807, 2.05) is 0 Å². The zero-order valence-electron chi connectivity index (χ0n) is 18.2. The van der Waals surface area contributed by atoms with E-state index in [1.165, 1.54) is 12.1 Å². The highest BCUT2D eigenvalue weighted by atomic mass is 35.5. The Morgan fingerprint density at radius 3 is 2.54 bits per heavy atom. The number of urea groups is 1. The second kappa shape index (κ2) is 10.6. The highest BCUT2D eigenvalue weighted by Crippen LogP contribution is 2.35. The molecule has 184 valence electrons. The molecule has 11 nitrogen and oxygen atoms in total. The first kappa shape index (κ1) is 25.8. The molecule has 2 aromatic carbocycles. The van der Waals surface area contributed by atoms with Gasteiger partial charge in [-0.05, 0) is 35.7 Å². The highest BCUT2D eigenvalue weighted by Gasteiger charge is 2.29. The number of nitrogen functional groups attached to an aromatic ring is 1. The molecule has 0 unspecified atom stereocenters. The van der Waals surface area contributed by atoms with Crippen LogP contribution < -0.4 is 22.1 Å². The molecule has 13 heteroatoms. The van der Waals surface area contributed by atoms with E-state index in [-0.39, 0.29) is 28.1 Å². The van der Waals surface area contributed by atoms with Gasteiger partial charge in [0.05, 0.1) is 22.2 Å². The van der Waals surface area contributed by atoms with E-state index < -0.39 is 30.5 Å². The molecule has 0 spiro atoms. The van der Waals surface area contributed by atoms with Crippen molar-refractivity contribution < 1.29 is 24.3 Å². The zero-order valence-corrected chi connectivity index (χ0v) is 19.7. The number of nitrogens with one attached hydrogen (secondary N) is 3. The number of carboxylic acids is 1. The second-order valence-electron chi connectivity index (χ2n) is 7.76. The van der Waals surface area contributed by atoms with Gasteiger partial charge in [0.15, 0.2) is 0 Å². The lowest BCUT2D eigenvalue weighted by molar-refractivity contribution is -0.139. The Balaban J connectivity index is 1.82. The third kappa shape index (κ3) is 5.64. The van der Waals surface area contributed by atoms with Crippen molar-refractivity contribution in [1.82, 2.24) is 15.5 Å². The van der Waals surface area contributed by atoms with E-state index in [4.69, 9.17) is 40.1 Å². The molecule has 1 heterocycles. The number of carbonyl (C=O) groups is 4. The SMILES string of the molecule is N=Cc1ccc(C(=O)N2CCc3c(cc(Cl)c(C(=O)N[C@@H](CNC(N)=O)C(=O)O)c3Cl)C2)cc1N. The number of nitrogens with zero attached hydrogens (tertiary/aromatic N) is 1. The molecule has 3 rings (SSSR count). The van der Waals surface area contributed by atoms with Gasteiger partial charge in [-0.1, -0.05) is 29.3 Å². The van der Waals surface area contributed by atoms with E-state index in [1.54, 1.807) is 17.0 Å². The number of anilines is 1. The molecular weight excluding hydrogens is 499 g/mol. The van der Waals surface area contributed by atoms with Crippen LogP contribution in [0.4, 0.5) is 10.5 Å². The van der Waals surface area contributed by atoms with E-state index in [0.717, 1.165) is 6.21 Å². The molecule has 0 fully saturated rings. The molecule has 0 aliphatic carbocycles. The summed E-state index contributed by atoms with van der Waals surface area (Å²) in [5, 5.41) is 21.1. The van der Waals surface area contributed by atoms with Crippen LogP contribution in [-0.2, 0) is 17.8 Å². The van der Waals surface area contributed by atoms with Crippen LogP contribution in [0.5, 0.6) is 0 Å². The number of fused-ring (bicyclic) bond motifs is 1. The highest BCUT2D eigenvalue weighted by molar-refractivity contribution is 6.40. The monoisotopic (exact) mass is 520 g/mol. The number of primary amides is 1. The van der Waals surface area contributed by atoms with Crippen LogP contribution in [0.25, 0.3) is 0 Å². The predicted octanol–water partition coefficient (Wildman–Crippen LogP) is 1.62. The second-order valence-corrected chi connectivity index (χ2v) is 8.54. The van der Waals surface area contributed by atoms with Gasteiger partial charge in [-0.15, -0.1) is 0 Å². The summed E-state index contributed by atoms with van der Waals surface area (Å²) in [4.78, 5) is 49.7. The number of hydrogen-bond donors (Lipinski definition) is 6. The summed E-state index contributed by atoms with van der Waals surface area (Å²) in [6, 6.07) is 3.81. The summed E-state index contributed by atoms with van der Waals surface area (Å²) >= 11 is 12.8. The van der Waals surface area contributed by atoms with Gasteiger partial charge in [0.25, 0.3) is 11.8 Å². The number of carboxylic acid groups (broad SMARTS) is 1. The summed E-state index contributed by atoms with van der Waals surface area (Å²) in [5.41, 5.74) is 13.2. The van der Waals surface area contributed by atoms with Crippen LogP contribution in [0.3, 0.4) is 0 Å². The summed E-state index contributed by atoms with van der Waals surface area (Å²) < 4.78 is 0. The molecule has 8 N–H and O–H groups in total. The fraction of sp³-hybridized carbons (Fsp3) is 0.227. The average molecular weight is 521 g/mol. The average Bonchev–Trinajstić information content (AvgIpc) is 2.80. The van der Waals surface area contributed by atoms with Gasteiger partial charge in [-0.25, -0.2) is 9.59 Å². The Hall–Kier alpha value is -3.83. The Labute approximate surface area is 209 Å². The van der Waals surface area contributed by atoms with Gasteiger partial charge in [0.2, 0.25) is 0 Å². The fourth-order valence-corrected chi connectivity index (χ4v) is 4.45. The number of amides is 4. The van der Waals surface area contributed by atoms with Gasteiger partial charge >= 0.3 is 12.0 Å². The number of carbonyl (C=O) groups excluding carboxylic acids is 3. The molecule has 1 atom stereocenters. The first-order chi connectivity index (χ1) is 16.5. The lowest BCUT2D eigenvalue weighted by atomic mass is 9.95. The molecule has 4 amide bonds. The van der Waals surface area contributed by atoms with Gasteiger partial charge in [-0.2, -0.15) is 0 Å². The predicted molar refractivity (Wildman–Crippen MR) is 130 cm³/mol. The molecule has 0 saturated heterocycles. The molecule has 0 aromatic heterocycles. The number of benzene rings is 2. The van der Waals surface area contributed by atoms with Crippen LogP contribution in [-0.4, -0.2) is 59.2 Å². The Bertz CT molecular complexity index is 1240. The van der Waals surface area contributed by atoms with Crippen LogP contribution in [0, 0.1) is 5.41 Å². The van der Waals surface area contributed by atoms with E-state index in [0.29, 0.717) is 40.9 Å². The van der Waals surface area contributed by atoms with Crippen molar-refractivity contribution in [3.8, 4) is 0 Å². The van der Waals surface area contributed by atoms with Crippen molar-refractivity contribution in [2.45, 2.75) is 19.0 Å². The van der Waals surface area contributed by atoms with Crippen LogP contribution in [0.1, 0.15) is 37.4 Å². The van der Waals surface area contributed by atoms with Crippen molar-refractivity contribution in [3.05, 3.63) is 62.1 Å². The van der Waals surface area contributed by atoms with Crippen molar-refractivity contribution >= 4 is 58.9 Å². The summed E-state index contributed by atoms with van der Waals surface area (Å²) in [7, 11) is 0. The summed E-state index contributed by atoms with van der Waals surface area (Å²) in [6.07, 6.45) is 1.43. The molecule has 0 radical (unpaired) electrons. The number of halogens is 2. The van der Waals surface area contributed by atoms with Crippen molar-refractivity contribution in [2.24, 2.45) is 5.73 Å². The first-order valence-electron chi connectivity index (χ1n) is 10.3. The quantitative estimate of drug-likeness (QED) is 0.237. The van der Waals surface area contributed by atoms with Crippen molar-refractivity contribution in [1.29, 1.82) is 5.41 Å². The van der Waals surface area contributed by atoms with Crippen LogP contribution in [0.15, 0.2) is 24.3 Å². The van der Waals surface area contributed by atoms with E-state index in [2.05, 4.69) is 10.6 Å². The maximum Gasteiger partial charge on any atom is 0.328 e. The third-order valence-corrected chi connectivity index (χ3v) is 6.21. The number of nitrogens with two attached hydrogens (primary N) is 2. The van der Waals surface area contributed by atoms with Crippen molar-refractivity contribution in [2.75, 3.05) is 18.8 Å². The maximum atomic E-state index is 13.0. The Kier molecular flexibility index (Phi) is 7.82. The Morgan fingerprint density at radius 1 is 1.23 bits per heavy atom. The normalized spacial score (nSPS) is 13.4. The minimum Gasteiger partial charge on any atom is -0.480 e. The zero-order chi connectivity index (χ0) is 25.9. The molecule has 0 saturated carbocycles. The summed E-state index contributed by atoms with van der Waals surface area (Å²) in [6.45, 7) is 0.0573. The molecule has 1 aliphatic rings. The van der Waals surface area contributed by atoms with Gasteiger partial charge < -0.3 is 37.5 Å². The van der Waals surface area contributed by atoms with E-state index >= 15 is 0 Å². The summed E-state index contributed by atoms with van der Waals surface area (Å²) in [5.74, 6) is -2.48. The number of hydrogen-bond acceptors (Lipinski definition) is 6. The number of rotatable bonds is 7. The molecular formula is C22H22Cl2N6O5. The Morgan fingerprint density at radius 2 is 1.94 bits per heavy atom. The minimum absolute atomic E-state index is 0.0212. The van der Waals surface area contributed by atoms with Crippen LogP contribution >= 0.6 is 23.2 Å². The van der Waals surface area contributed by atoms with Crippen LogP contribution in [0.2, 0.25) is 10.0 Å². The lowest BCUT2D eigenvalue weighted by Crippen LogP contribution is -2.49. The van der Waals surface area contributed by atoms with Gasteiger partial charge in [0.1, 0.15) is 6.04 Å². The maximum absolute atomic E-state index is 13.0. The largest absolute Gasteiger partial charge is 0.480 e. The number of aliphatic carboxylic acids is 1. The topological polar surface area (TPSA) is 192 Å². The van der Waals surface area contributed by atoms with Gasteiger partial charge in [-0.3, -0.25) is 9.59 Å². The fourth-order valence-electron chi connectivity index (χ4n) is 3.69. The third-order valence-electron chi connectivity index (χ3n) is 5.49. The standard InChI is InChI=1S/C22H22Cl2N6O5/c23-14-5-12-9-30(20(32)10-1-2-11(7-25)15(26)6-10)4-3-13(12)18(24)17(14)19(31)29-16(21(33)34)8-28-22(27)35/h1-2,5-7,16,25H,3-4,8-9,26H2,(H,29,31)(H,33,34)(H3,27,28,35)/t16-/m0/s1. The van der Waals surface area contributed by atoms with E-state index in [9.17, 15) is 24.3 Å². The van der Waals surface area contributed by atoms with Crippen molar-refractivity contribution in [3.63, 3.8) is 0 Å². The minimum atomic E-state index is -1.46. The first-order valence-corrected chi connectivity index (χ1v) is 11.0.